The maximum absolute atomic E-state index is 3.30. The summed E-state index contributed by atoms with van der Waals surface area (Å²) in [5, 5.41) is 0. The van der Waals surface area contributed by atoms with Crippen LogP contribution in [0.25, 0.3) is 0 Å². The van der Waals surface area contributed by atoms with Gasteiger partial charge in [0, 0.05) is 11.5 Å². The Kier molecular flexibility index (Phi) is 12.9. The van der Waals surface area contributed by atoms with Gasteiger partial charge in [-0.15, -0.1) is 0 Å². The van der Waals surface area contributed by atoms with Crippen molar-refractivity contribution in [3.63, 3.8) is 0 Å². The fraction of sp³-hybridized carbons (Fsp3) is 0. The third-order valence-corrected chi connectivity index (χ3v) is 1.24. The highest BCUT2D eigenvalue weighted by Crippen LogP contribution is 1.57. The summed E-state index contributed by atoms with van der Waals surface area (Å²) in [5.41, 5.74) is 49.4. The molecule has 0 radical (unpaired) electrons. The van der Waals surface area contributed by atoms with E-state index in [1.54, 1.807) is 0 Å². The van der Waals surface area contributed by atoms with Gasteiger partial charge in [0.1, 0.15) is 0 Å². The van der Waals surface area contributed by atoms with Gasteiger partial charge in [0.25, 0.3) is 0 Å². The van der Waals surface area contributed by atoms with Gasteiger partial charge in [0.05, 0.1) is 0 Å². The second kappa shape index (κ2) is 16.3. The zero-order chi connectivity index (χ0) is 16.1. The molecule has 0 aliphatic rings. The van der Waals surface area contributed by atoms with Crippen LogP contribution in [0.5, 0.6) is 0 Å². The first-order chi connectivity index (χ1) is 10.9. The lowest BCUT2D eigenvalue weighted by molar-refractivity contribution is 2.11. The summed E-state index contributed by atoms with van der Waals surface area (Å²) in [7, 11) is 0. The Bertz CT molecular complexity index is 1080. The van der Waals surface area contributed by atoms with Crippen LogP contribution in [0.3, 0.4) is 0 Å². The Morgan fingerprint density at radius 2 is 0.364 bits per heavy atom. The first kappa shape index (κ1) is 17.3. The number of hydrogen-bond donors (Lipinski definition) is 0. The highest BCUT2D eigenvalue weighted by Gasteiger charge is 1.42. The highest BCUT2D eigenvalue weighted by molar-refractivity contribution is 4.93. The van der Waals surface area contributed by atoms with Crippen molar-refractivity contribution in [1.29, 1.82) is 0 Å². The van der Waals surface area contributed by atoms with Gasteiger partial charge in [-0.3, -0.25) is 0 Å². The van der Waals surface area contributed by atoms with Gasteiger partial charge in [-0.25, -0.2) is 0 Å². The molecule has 0 heteroatoms. The zero-order valence-corrected chi connectivity index (χ0v) is 11.4. The van der Waals surface area contributed by atoms with E-state index in [0.717, 1.165) is 0 Å². The maximum atomic E-state index is 3.30. The average Bonchev–Trinajstić information content (AvgIpc) is 2.54. The summed E-state index contributed by atoms with van der Waals surface area (Å²) >= 11 is 0. The van der Waals surface area contributed by atoms with Crippen LogP contribution in [0, 0.1) is 0 Å². The van der Waals surface area contributed by atoms with Gasteiger partial charge in [0.15, 0.2) is 0 Å². The minimum atomic E-state index is 2.37. The largest absolute Gasteiger partial charge is 0.0687 e. The molecule has 0 N–H and O–H groups in total. The van der Waals surface area contributed by atoms with Crippen molar-refractivity contribution in [2.75, 3.05) is 0 Å². The van der Waals surface area contributed by atoms with Crippen molar-refractivity contribution in [3.8, 4) is 0 Å². The third-order valence-electron chi connectivity index (χ3n) is 1.24. The minimum Gasteiger partial charge on any atom is -0.0687 e. The minimum absolute atomic E-state index is 2.37. The van der Waals surface area contributed by atoms with Gasteiger partial charge < -0.3 is 0 Å². The zero-order valence-electron chi connectivity index (χ0n) is 11.4. The second-order valence-corrected chi connectivity index (χ2v) is 2.60. The van der Waals surface area contributed by atoms with Crippen LogP contribution in [0.2, 0.25) is 0 Å². The number of rotatable bonds is 0. The van der Waals surface area contributed by atoms with E-state index >= 15 is 0 Å². The normalized spacial score (nSPS) is 3.82. The van der Waals surface area contributed by atoms with Gasteiger partial charge in [0.2, 0.25) is 0 Å². The summed E-state index contributed by atoms with van der Waals surface area (Å²) in [5.74, 6) is 0. The average molecular weight is 268 g/mol. The van der Waals surface area contributed by atoms with E-state index in [1.165, 1.54) is 0 Å². The lowest BCUT2D eigenvalue weighted by Gasteiger charge is -1.40. The molecular weight excluding hydrogens is 264 g/mol. The van der Waals surface area contributed by atoms with Crippen molar-refractivity contribution in [3.05, 3.63) is 128 Å². The first-order valence-corrected chi connectivity index (χ1v) is 5.46. The molecule has 0 rings (SSSR count). The lowest BCUT2D eigenvalue weighted by Crippen LogP contribution is -1.24. The molecule has 0 heterocycles. The molecule has 22 heavy (non-hydrogen) atoms. The second-order valence-electron chi connectivity index (χ2n) is 2.60. The van der Waals surface area contributed by atoms with Crippen LogP contribution in [0.4, 0.5) is 0 Å². The van der Waals surface area contributed by atoms with Crippen molar-refractivity contribution in [2.45, 2.75) is 0 Å². The van der Waals surface area contributed by atoms with Crippen LogP contribution in [0.15, 0.2) is 128 Å². The van der Waals surface area contributed by atoms with Crippen molar-refractivity contribution in [1.82, 2.24) is 0 Å². The molecule has 0 saturated heterocycles. The van der Waals surface area contributed by atoms with E-state index in [2.05, 4.69) is 128 Å². The summed E-state index contributed by atoms with van der Waals surface area (Å²) in [6, 6.07) is 0. The quantitative estimate of drug-likeness (QED) is 0.584. The van der Waals surface area contributed by atoms with Crippen molar-refractivity contribution < 1.29 is 0 Å². The summed E-state index contributed by atoms with van der Waals surface area (Å²) in [6.07, 6.45) is 0. The Morgan fingerprint density at radius 3 is 0.500 bits per heavy atom. The molecule has 0 saturated carbocycles. The molecule has 0 bridgehead atoms. The van der Waals surface area contributed by atoms with Crippen molar-refractivity contribution in [2.24, 2.45) is 0 Å². The van der Waals surface area contributed by atoms with Crippen LogP contribution >= 0.6 is 0 Å². The Morgan fingerprint density at radius 1 is 0.227 bits per heavy atom. The van der Waals surface area contributed by atoms with E-state index < -0.39 is 0 Å². The molecule has 0 spiro atoms. The van der Waals surface area contributed by atoms with E-state index in [4.69, 9.17) is 0 Å². The molecule has 0 aromatic heterocycles. The van der Waals surface area contributed by atoms with E-state index in [0.29, 0.717) is 0 Å². The molecule has 0 unspecified atom stereocenters. The molecule has 0 aromatic rings. The SMILES string of the molecule is C=C=C=C=C=C=C=C=C=C=C=C=C=C=C=C=C=C=C=C=C=C. The molecule has 0 aliphatic carbocycles. The predicted molar refractivity (Wildman–Crippen MR) is 81.5 cm³/mol. The molecule has 92 valence electrons. The first-order valence-electron chi connectivity index (χ1n) is 5.46. The monoisotopic (exact) mass is 268 g/mol. The lowest BCUT2D eigenvalue weighted by atomic mass is 10.6. The summed E-state index contributed by atoms with van der Waals surface area (Å²) in [6.45, 7) is 6.60. The fourth-order valence-corrected chi connectivity index (χ4v) is 0.588. The highest BCUT2D eigenvalue weighted by atomic mass is 13.4. The Hall–Kier alpha value is -4.66. The molecule has 0 amide bonds. The van der Waals surface area contributed by atoms with Gasteiger partial charge >= 0.3 is 0 Å². The van der Waals surface area contributed by atoms with Gasteiger partial charge in [-0.05, 0) is 105 Å². The third kappa shape index (κ3) is 15.3. The molecular formula is C22H4. The standard InChI is InChI=1S/C22H4/c1-3-5-7-9-11-13-15-17-19-21-22-20-18-16-14-12-10-8-6-4-2/h1-2H2. The molecule has 0 aromatic carbocycles. The molecule has 0 atom stereocenters. The summed E-state index contributed by atoms with van der Waals surface area (Å²) < 4.78 is 0. The molecule has 0 fully saturated rings. The van der Waals surface area contributed by atoms with Gasteiger partial charge in [-0.2, -0.15) is 0 Å². The van der Waals surface area contributed by atoms with E-state index in [9.17, 15) is 0 Å². The van der Waals surface area contributed by atoms with Crippen LogP contribution < -0.4 is 0 Å². The molecule has 0 nitrogen and oxygen atoms in total. The summed E-state index contributed by atoms with van der Waals surface area (Å²) in [4.78, 5) is 0. The van der Waals surface area contributed by atoms with E-state index in [-0.39, 0.29) is 0 Å². The Labute approximate surface area is 128 Å². The topological polar surface area (TPSA) is 0 Å². The smallest absolute Gasteiger partial charge is 0 e. The number of hydrogen-bond acceptors (Lipinski definition) is 0. The van der Waals surface area contributed by atoms with Crippen molar-refractivity contribution >= 4 is 0 Å². The Balaban J connectivity index is 5.82. The van der Waals surface area contributed by atoms with E-state index in [1.807, 2.05) is 0 Å². The molecule has 0 aliphatic heterocycles. The van der Waals surface area contributed by atoms with Crippen LogP contribution in [-0.4, -0.2) is 0 Å². The van der Waals surface area contributed by atoms with Crippen LogP contribution in [0.1, 0.15) is 0 Å². The predicted octanol–water partition coefficient (Wildman–Crippen LogP) is 3.90. The van der Waals surface area contributed by atoms with Crippen LogP contribution in [-0.2, 0) is 0 Å². The fourth-order valence-electron chi connectivity index (χ4n) is 0.588. The maximum Gasteiger partial charge on any atom is 0 e. The van der Waals surface area contributed by atoms with Gasteiger partial charge in [-0.1, -0.05) is 11.5 Å².